The lowest BCUT2D eigenvalue weighted by atomic mass is 10.0. The zero-order chi connectivity index (χ0) is 27.1. The fourth-order valence-electron chi connectivity index (χ4n) is 3.84. The average molecular weight is 595 g/mol. The highest BCUT2D eigenvalue weighted by atomic mass is 32.2. The van der Waals surface area contributed by atoms with Crippen LogP contribution in [0.2, 0.25) is 0 Å². The molecule has 5 rings (SSSR count). The Labute approximate surface area is 230 Å². The van der Waals surface area contributed by atoms with E-state index in [0.717, 1.165) is 11.3 Å². The Kier molecular flexibility index (Phi) is 7.12. The van der Waals surface area contributed by atoms with Gasteiger partial charge in [-0.1, -0.05) is 28.3 Å². The molecule has 38 heavy (non-hydrogen) atoms. The molecular weight excluding hydrogens is 577 g/mol. The van der Waals surface area contributed by atoms with Gasteiger partial charge in [0.15, 0.2) is 15.2 Å². The average Bonchev–Trinajstić information content (AvgIpc) is 3.49. The molecule has 0 unspecified atom stereocenters. The number of aliphatic carboxylic acids is 1. The Balaban J connectivity index is 1.32. The van der Waals surface area contributed by atoms with Crippen molar-refractivity contribution >= 4 is 79.8 Å². The SMILES string of the molecule is CON=C(C(=O)N[C@@H]1C(=O)N2C(C(=O)O)=C(CSc3nn4c(C)cc(=O)nc4s3)CS[C@H]12)c1csc(N)n1. The molecule has 2 aliphatic rings. The highest BCUT2D eigenvalue weighted by Crippen LogP contribution is 2.42. The van der Waals surface area contributed by atoms with Crippen LogP contribution in [0, 0.1) is 6.92 Å². The molecule has 4 N–H and O–H groups in total. The first-order chi connectivity index (χ1) is 18.2. The van der Waals surface area contributed by atoms with Crippen LogP contribution in [0.5, 0.6) is 0 Å². The number of aromatic nitrogens is 4. The zero-order valence-electron chi connectivity index (χ0n) is 19.6. The van der Waals surface area contributed by atoms with Gasteiger partial charge in [-0.15, -0.1) is 28.2 Å². The van der Waals surface area contributed by atoms with Crippen molar-refractivity contribution in [1.29, 1.82) is 0 Å². The Morgan fingerprint density at radius 2 is 2.16 bits per heavy atom. The Hall–Kier alpha value is -3.48. The molecule has 2 aliphatic heterocycles. The number of nitrogens with zero attached hydrogens (tertiary/aromatic N) is 6. The summed E-state index contributed by atoms with van der Waals surface area (Å²) >= 11 is 4.97. The number of carboxylic acid groups (broad SMARTS) is 1. The fourth-order valence-corrected chi connectivity index (χ4v) is 7.86. The van der Waals surface area contributed by atoms with E-state index in [1.807, 2.05) is 0 Å². The van der Waals surface area contributed by atoms with E-state index in [4.69, 9.17) is 10.6 Å². The number of nitrogens with two attached hydrogens (primary N) is 1. The van der Waals surface area contributed by atoms with Crippen molar-refractivity contribution < 1.29 is 24.3 Å². The molecule has 3 aromatic rings. The maximum absolute atomic E-state index is 13.0. The van der Waals surface area contributed by atoms with Crippen molar-refractivity contribution in [2.24, 2.45) is 5.16 Å². The van der Waals surface area contributed by atoms with E-state index in [-0.39, 0.29) is 33.5 Å². The van der Waals surface area contributed by atoms with Crippen LogP contribution in [0.15, 0.2) is 37.0 Å². The number of aryl methyl sites for hydroxylation is 1. The van der Waals surface area contributed by atoms with Gasteiger partial charge in [0.25, 0.3) is 17.4 Å². The van der Waals surface area contributed by atoms with Crippen molar-refractivity contribution in [3.8, 4) is 0 Å². The quantitative estimate of drug-likeness (QED) is 0.141. The number of anilines is 1. The molecule has 1 saturated heterocycles. The third-order valence-corrected chi connectivity index (χ3v) is 9.62. The summed E-state index contributed by atoms with van der Waals surface area (Å²) in [5.41, 5.74) is 6.40. The number of fused-ring (bicyclic) bond motifs is 2. The van der Waals surface area contributed by atoms with Gasteiger partial charge in [0.2, 0.25) is 4.96 Å². The minimum absolute atomic E-state index is 0.111. The molecule has 5 heterocycles. The van der Waals surface area contributed by atoms with Gasteiger partial charge < -0.3 is 21.0 Å². The number of nitrogen functional groups attached to an aromatic ring is 1. The first kappa shape index (κ1) is 26.1. The van der Waals surface area contributed by atoms with Gasteiger partial charge in [-0.05, 0) is 12.5 Å². The van der Waals surface area contributed by atoms with Gasteiger partial charge >= 0.3 is 5.97 Å². The number of carbonyl (C=O) groups is 3. The predicted octanol–water partition coefficient (Wildman–Crippen LogP) is 0.380. The molecule has 0 aliphatic carbocycles. The van der Waals surface area contributed by atoms with Crippen LogP contribution in [0.1, 0.15) is 11.4 Å². The van der Waals surface area contributed by atoms with Crippen molar-refractivity contribution in [1.82, 2.24) is 29.8 Å². The number of carbonyl (C=O) groups excluding carboxylic acids is 2. The summed E-state index contributed by atoms with van der Waals surface area (Å²) in [4.78, 5) is 64.1. The van der Waals surface area contributed by atoms with E-state index >= 15 is 0 Å². The summed E-state index contributed by atoms with van der Waals surface area (Å²) in [7, 11) is 1.27. The standard InChI is InChI=1S/C20H18N8O6S4/c1-7-3-10(29)23-19-28(7)25-20(38-19)37-5-8-4-35-16-12(15(31)27(16)13(8)17(32)33)24-14(30)11(26-34-2)9-6-36-18(21)22-9/h3,6,12,16H,4-5H2,1-2H3,(H2,21,22)(H,24,30)(H,32,33)/t12-,16-/m1/s1. The number of rotatable bonds is 8. The van der Waals surface area contributed by atoms with Crippen molar-refractivity contribution in [3.05, 3.63) is 44.5 Å². The predicted molar refractivity (Wildman–Crippen MR) is 142 cm³/mol. The van der Waals surface area contributed by atoms with E-state index < -0.39 is 29.2 Å². The Morgan fingerprint density at radius 1 is 1.37 bits per heavy atom. The number of thiazole rings is 1. The number of hydrogen-bond acceptors (Lipinski definition) is 14. The Bertz CT molecular complexity index is 1590. The summed E-state index contributed by atoms with van der Waals surface area (Å²) in [5, 5.41) is 21.9. The maximum atomic E-state index is 13.0. The first-order valence-electron chi connectivity index (χ1n) is 10.7. The minimum atomic E-state index is -1.24. The third-order valence-electron chi connectivity index (χ3n) is 5.48. The summed E-state index contributed by atoms with van der Waals surface area (Å²) < 4.78 is 2.16. The molecule has 3 aromatic heterocycles. The molecule has 1 fully saturated rings. The number of hydrogen-bond donors (Lipinski definition) is 3. The van der Waals surface area contributed by atoms with Gasteiger partial charge in [-0.25, -0.2) is 14.3 Å². The molecule has 2 amide bonds. The smallest absolute Gasteiger partial charge is 0.352 e. The fraction of sp³-hybridized carbons (Fsp3) is 0.300. The van der Waals surface area contributed by atoms with Crippen molar-refractivity contribution in [2.75, 3.05) is 24.3 Å². The second-order valence-corrected chi connectivity index (χ2v) is 12.1. The number of thioether (sulfide) groups is 2. The maximum Gasteiger partial charge on any atom is 0.352 e. The summed E-state index contributed by atoms with van der Waals surface area (Å²) in [6.45, 7) is 1.74. The zero-order valence-corrected chi connectivity index (χ0v) is 22.9. The third kappa shape index (κ3) is 4.74. The van der Waals surface area contributed by atoms with Crippen LogP contribution in [0.25, 0.3) is 4.96 Å². The topological polar surface area (TPSA) is 194 Å². The van der Waals surface area contributed by atoms with Crippen molar-refractivity contribution in [2.45, 2.75) is 22.7 Å². The van der Waals surface area contributed by atoms with E-state index in [1.54, 1.807) is 11.4 Å². The molecule has 0 radical (unpaired) electrons. The minimum Gasteiger partial charge on any atom is -0.477 e. The number of amides is 2. The van der Waals surface area contributed by atoms with Crippen LogP contribution in [-0.4, -0.2) is 83.1 Å². The molecule has 14 nitrogen and oxygen atoms in total. The van der Waals surface area contributed by atoms with Crippen LogP contribution < -0.4 is 16.6 Å². The molecule has 2 atom stereocenters. The molecular formula is C20H18N8O6S4. The van der Waals surface area contributed by atoms with Crippen LogP contribution in [0.3, 0.4) is 0 Å². The van der Waals surface area contributed by atoms with Crippen LogP contribution in [0.4, 0.5) is 5.13 Å². The largest absolute Gasteiger partial charge is 0.477 e. The van der Waals surface area contributed by atoms with Crippen LogP contribution in [-0.2, 0) is 19.2 Å². The van der Waals surface area contributed by atoms with E-state index in [9.17, 15) is 24.3 Å². The van der Waals surface area contributed by atoms with E-state index in [0.29, 0.717) is 26.3 Å². The van der Waals surface area contributed by atoms with E-state index in [1.165, 1.54) is 58.3 Å². The number of carboxylic acids is 1. The Morgan fingerprint density at radius 3 is 2.84 bits per heavy atom. The summed E-state index contributed by atoms with van der Waals surface area (Å²) in [5.74, 6) is -1.89. The molecule has 0 aromatic carbocycles. The normalized spacial score (nSPS) is 19.4. The van der Waals surface area contributed by atoms with Gasteiger partial charge in [-0.3, -0.25) is 19.3 Å². The lowest BCUT2D eigenvalue weighted by molar-refractivity contribution is -0.150. The number of oxime groups is 1. The van der Waals surface area contributed by atoms with Gasteiger partial charge in [-0.2, -0.15) is 4.98 Å². The van der Waals surface area contributed by atoms with Gasteiger partial charge in [0, 0.05) is 28.6 Å². The monoisotopic (exact) mass is 594 g/mol. The van der Waals surface area contributed by atoms with Gasteiger partial charge in [0.1, 0.15) is 29.9 Å². The highest BCUT2D eigenvalue weighted by molar-refractivity contribution is 8.02. The first-order valence-corrected chi connectivity index (χ1v) is 14.4. The van der Waals surface area contributed by atoms with Crippen LogP contribution >= 0.6 is 46.2 Å². The lowest BCUT2D eigenvalue weighted by Gasteiger charge is -2.49. The second kappa shape index (κ2) is 10.4. The second-order valence-electron chi connectivity index (χ2n) is 7.90. The molecule has 0 bridgehead atoms. The summed E-state index contributed by atoms with van der Waals surface area (Å²) in [6.07, 6.45) is 0. The molecule has 0 saturated carbocycles. The van der Waals surface area contributed by atoms with Crippen molar-refractivity contribution in [3.63, 3.8) is 0 Å². The lowest BCUT2D eigenvalue weighted by Crippen LogP contribution is -2.71. The number of nitrogens with one attached hydrogen (secondary N) is 1. The van der Waals surface area contributed by atoms with E-state index in [2.05, 4.69) is 25.5 Å². The summed E-state index contributed by atoms with van der Waals surface area (Å²) in [6, 6.07) is 0.427. The molecule has 0 spiro atoms. The molecule has 18 heteroatoms. The molecule has 198 valence electrons. The van der Waals surface area contributed by atoms with Gasteiger partial charge in [0.05, 0.1) is 0 Å². The highest BCUT2D eigenvalue weighted by Gasteiger charge is 2.54. The number of β-lactam (4-membered cyclic amide) rings is 1.